The largest absolute Gasteiger partial charge is 0.262 e. The molecule has 1 nitrogen and oxygen atoms in total. The minimum atomic E-state index is 0.629. The van der Waals surface area contributed by atoms with Crippen LogP contribution < -0.4 is 0 Å². The Morgan fingerprint density at radius 1 is 1.45 bits per heavy atom. The monoisotopic (exact) mass is 151 g/mol. The summed E-state index contributed by atoms with van der Waals surface area (Å²) in [5.74, 6) is 0.629. The van der Waals surface area contributed by atoms with E-state index >= 15 is 0 Å². The van der Waals surface area contributed by atoms with Gasteiger partial charge in [0.2, 0.25) is 0 Å². The van der Waals surface area contributed by atoms with Crippen LogP contribution in [0.5, 0.6) is 0 Å². The molecule has 0 heterocycles. The van der Waals surface area contributed by atoms with Crippen molar-refractivity contribution in [1.29, 1.82) is 0 Å². The molecule has 0 unspecified atom stereocenters. The third-order valence-corrected chi connectivity index (χ3v) is 1.11. The van der Waals surface area contributed by atoms with Crippen molar-refractivity contribution in [1.82, 2.24) is 0 Å². The topological polar surface area (TPSA) is 12.4 Å². The lowest BCUT2D eigenvalue weighted by atomic mass is 10.1. The van der Waals surface area contributed by atoms with Crippen LogP contribution in [0.4, 0.5) is 0 Å². The summed E-state index contributed by atoms with van der Waals surface area (Å²) >= 11 is 0. The Labute approximate surface area is 69.5 Å². The lowest BCUT2D eigenvalue weighted by Gasteiger charge is -2.01. The molecule has 0 amide bonds. The van der Waals surface area contributed by atoms with Crippen LogP contribution >= 0.6 is 0 Å². The number of hydrogen-bond donors (Lipinski definition) is 0. The van der Waals surface area contributed by atoms with Gasteiger partial charge in [-0.15, -0.1) is 0 Å². The second-order valence-electron chi connectivity index (χ2n) is 3.27. The second kappa shape index (κ2) is 4.89. The summed E-state index contributed by atoms with van der Waals surface area (Å²) in [6.07, 6.45) is 2.72. The molecule has 1 heteroatoms. The Hall–Kier alpha value is -0.850. The molecule has 0 aromatic heterocycles. The van der Waals surface area contributed by atoms with Crippen LogP contribution in [0.25, 0.3) is 0 Å². The average molecular weight is 151 g/mol. The van der Waals surface area contributed by atoms with Crippen molar-refractivity contribution in [2.75, 3.05) is 0 Å². The van der Waals surface area contributed by atoms with Crippen LogP contribution in [-0.4, -0.2) is 6.21 Å². The Bertz CT molecular complexity index is 175. The fourth-order valence-corrected chi connectivity index (χ4v) is 0.725. The molecule has 0 bridgehead atoms. The predicted octanol–water partition coefficient (Wildman–Crippen LogP) is 3.19. The van der Waals surface area contributed by atoms with Gasteiger partial charge in [0.05, 0.1) is 0 Å². The van der Waals surface area contributed by atoms with Crippen molar-refractivity contribution >= 4 is 6.21 Å². The first-order valence-electron chi connectivity index (χ1n) is 3.89. The van der Waals surface area contributed by atoms with E-state index < -0.39 is 0 Å². The SMILES string of the molecule is C=C(C)C=NC(=C)CC(C)C. The van der Waals surface area contributed by atoms with E-state index in [1.165, 1.54) is 0 Å². The van der Waals surface area contributed by atoms with Gasteiger partial charge in [0.1, 0.15) is 0 Å². The number of nitrogens with zero attached hydrogens (tertiary/aromatic N) is 1. The van der Waals surface area contributed by atoms with Crippen LogP contribution in [-0.2, 0) is 0 Å². The Balaban J connectivity index is 3.78. The second-order valence-corrected chi connectivity index (χ2v) is 3.27. The molecule has 0 radical (unpaired) electrons. The molecule has 0 saturated heterocycles. The summed E-state index contributed by atoms with van der Waals surface area (Å²) in [4.78, 5) is 4.14. The maximum absolute atomic E-state index is 4.14. The molecule has 0 aliphatic rings. The zero-order valence-electron chi connectivity index (χ0n) is 7.72. The van der Waals surface area contributed by atoms with Gasteiger partial charge in [-0.25, -0.2) is 0 Å². The smallest absolute Gasteiger partial charge is 0.0334 e. The summed E-state index contributed by atoms with van der Waals surface area (Å²) in [5, 5.41) is 0. The molecule has 0 rings (SSSR count). The fraction of sp³-hybridized carbons (Fsp3) is 0.500. The first kappa shape index (κ1) is 10.2. The highest BCUT2D eigenvalue weighted by molar-refractivity contribution is 5.77. The maximum Gasteiger partial charge on any atom is 0.0334 e. The van der Waals surface area contributed by atoms with Crippen LogP contribution in [0.2, 0.25) is 0 Å². The molecule has 0 saturated carbocycles. The van der Waals surface area contributed by atoms with Crippen molar-refractivity contribution in [2.24, 2.45) is 10.9 Å². The third kappa shape index (κ3) is 7.04. The lowest BCUT2D eigenvalue weighted by molar-refractivity contribution is 0.640. The number of allylic oxidation sites excluding steroid dienone is 2. The van der Waals surface area contributed by atoms with Gasteiger partial charge in [0.25, 0.3) is 0 Å². The fourth-order valence-electron chi connectivity index (χ4n) is 0.725. The molecule has 0 N–H and O–H groups in total. The summed E-state index contributed by atoms with van der Waals surface area (Å²) in [5.41, 5.74) is 1.90. The van der Waals surface area contributed by atoms with Gasteiger partial charge >= 0.3 is 0 Å². The molecule has 0 atom stereocenters. The quantitative estimate of drug-likeness (QED) is 0.547. The van der Waals surface area contributed by atoms with E-state index in [1.54, 1.807) is 6.21 Å². The van der Waals surface area contributed by atoms with Gasteiger partial charge in [-0.05, 0) is 24.8 Å². The molecule has 0 aromatic rings. The average Bonchev–Trinajstić information content (AvgIpc) is 1.82. The lowest BCUT2D eigenvalue weighted by Crippen LogP contribution is -1.88. The molecular formula is C10H17N. The summed E-state index contributed by atoms with van der Waals surface area (Å²) in [6, 6.07) is 0. The van der Waals surface area contributed by atoms with Crippen molar-refractivity contribution in [2.45, 2.75) is 27.2 Å². The highest BCUT2D eigenvalue weighted by atomic mass is 14.7. The van der Waals surface area contributed by atoms with E-state index in [2.05, 4.69) is 32.0 Å². The van der Waals surface area contributed by atoms with Crippen molar-refractivity contribution < 1.29 is 0 Å². The van der Waals surface area contributed by atoms with Gasteiger partial charge in [0.15, 0.2) is 0 Å². The summed E-state index contributed by atoms with van der Waals surface area (Å²) in [6.45, 7) is 13.8. The van der Waals surface area contributed by atoms with E-state index in [-0.39, 0.29) is 0 Å². The van der Waals surface area contributed by atoms with Gasteiger partial charge < -0.3 is 0 Å². The summed E-state index contributed by atoms with van der Waals surface area (Å²) in [7, 11) is 0. The maximum atomic E-state index is 4.14. The number of rotatable bonds is 4. The normalized spacial score (nSPS) is 10.9. The highest BCUT2D eigenvalue weighted by Crippen LogP contribution is 2.08. The zero-order chi connectivity index (χ0) is 8.85. The molecule has 0 spiro atoms. The van der Waals surface area contributed by atoms with Crippen molar-refractivity contribution in [3.8, 4) is 0 Å². The van der Waals surface area contributed by atoms with Crippen LogP contribution in [0.3, 0.4) is 0 Å². The Morgan fingerprint density at radius 3 is 2.36 bits per heavy atom. The van der Waals surface area contributed by atoms with Gasteiger partial charge in [-0.3, -0.25) is 4.99 Å². The van der Waals surface area contributed by atoms with E-state index in [1.807, 2.05) is 6.92 Å². The molecule has 11 heavy (non-hydrogen) atoms. The number of aliphatic imine (C=N–C) groups is 1. The molecule has 0 aliphatic heterocycles. The van der Waals surface area contributed by atoms with Gasteiger partial charge in [-0.1, -0.05) is 27.0 Å². The predicted molar refractivity (Wildman–Crippen MR) is 51.9 cm³/mol. The molecule has 62 valence electrons. The molecule has 0 fully saturated rings. The Morgan fingerprint density at radius 2 is 2.00 bits per heavy atom. The van der Waals surface area contributed by atoms with Gasteiger partial charge in [0, 0.05) is 11.9 Å². The minimum Gasteiger partial charge on any atom is -0.262 e. The number of hydrogen-bond acceptors (Lipinski definition) is 1. The van der Waals surface area contributed by atoms with Crippen molar-refractivity contribution in [3.63, 3.8) is 0 Å². The first-order valence-corrected chi connectivity index (χ1v) is 3.89. The first-order chi connectivity index (χ1) is 5.02. The third-order valence-electron chi connectivity index (χ3n) is 1.11. The van der Waals surface area contributed by atoms with Gasteiger partial charge in [-0.2, -0.15) is 0 Å². The van der Waals surface area contributed by atoms with Crippen LogP contribution in [0, 0.1) is 5.92 Å². The van der Waals surface area contributed by atoms with E-state index in [0.29, 0.717) is 5.92 Å². The molecular weight excluding hydrogens is 134 g/mol. The zero-order valence-corrected chi connectivity index (χ0v) is 7.72. The molecule has 0 aliphatic carbocycles. The van der Waals surface area contributed by atoms with E-state index in [0.717, 1.165) is 17.7 Å². The van der Waals surface area contributed by atoms with E-state index in [4.69, 9.17) is 0 Å². The van der Waals surface area contributed by atoms with Crippen LogP contribution in [0.1, 0.15) is 27.2 Å². The van der Waals surface area contributed by atoms with Crippen molar-refractivity contribution in [3.05, 3.63) is 24.4 Å². The minimum absolute atomic E-state index is 0.629. The van der Waals surface area contributed by atoms with Crippen LogP contribution in [0.15, 0.2) is 29.4 Å². The Kier molecular flexibility index (Phi) is 4.51. The highest BCUT2D eigenvalue weighted by Gasteiger charge is 1.94. The molecule has 0 aromatic carbocycles. The summed E-state index contributed by atoms with van der Waals surface area (Å²) < 4.78 is 0. The standard InChI is InChI=1S/C10H17N/c1-8(2)6-10(5)11-7-9(3)4/h7-8H,3,5-6H2,1-2,4H3. The van der Waals surface area contributed by atoms with E-state index in [9.17, 15) is 0 Å².